The normalized spacial score (nSPS) is 10.1. The minimum Gasteiger partial charge on any atom is -0.496 e. The van der Waals surface area contributed by atoms with E-state index in [0.29, 0.717) is 23.0 Å². The van der Waals surface area contributed by atoms with E-state index in [-0.39, 0.29) is 19.1 Å². The minimum atomic E-state index is -0.423. The van der Waals surface area contributed by atoms with Crippen LogP contribution >= 0.6 is 0 Å². The van der Waals surface area contributed by atoms with Crippen molar-refractivity contribution in [3.05, 3.63) is 47.8 Å². The molecule has 0 bridgehead atoms. The van der Waals surface area contributed by atoms with Gasteiger partial charge in [0.05, 0.1) is 21.3 Å². The number of ether oxygens (including phenoxy) is 4. The summed E-state index contributed by atoms with van der Waals surface area (Å²) >= 11 is 0. The summed E-state index contributed by atoms with van der Waals surface area (Å²) in [6.07, 6.45) is 0. The van der Waals surface area contributed by atoms with E-state index in [1.165, 1.54) is 39.5 Å². The Labute approximate surface area is 145 Å². The molecule has 2 aromatic rings. The van der Waals surface area contributed by atoms with Crippen LogP contribution < -0.4 is 24.3 Å². The summed E-state index contributed by atoms with van der Waals surface area (Å²) in [5, 5.41) is 2.71. The Morgan fingerprint density at radius 3 is 2.32 bits per heavy atom. The second-order valence-corrected chi connectivity index (χ2v) is 5.04. The van der Waals surface area contributed by atoms with Gasteiger partial charge in [-0.3, -0.25) is 4.79 Å². The highest BCUT2D eigenvalue weighted by atomic mass is 19.1. The first-order chi connectivity index (χ1) is 12.1. The Morgan fingerprint density at radius 2 is 1.68 bits per heavy atom. The van der Waals surface area contributed by atoms with Crippen LogP contribution in [0.4, 0.5) is 4.39 Å². The zero-order valence-corrected chi connectivity index (χ0v) is 14.3. The number of rotatable bonds is 8. The van der Waals surface area contributed by atoms with Gasteiger partial charge in [-0.15, -0.1) is 0 Å². The Morgan fingerprint density at radius 1 is 1.00 bits per heavy atom. The third-order valence-corrected chi connectivity index (χ3v) is 3.43. The quantitative estimate of drug-likeness (QED) is 0.793. The van der Waals surface area contributed by atoms with Gasteiger partial charge >= 0.3 is 0 Å². The van der Waals surface area contributed by atoms with Crippen molar-refractivity contribution >= 4 is 5.91 Å². The fourth-order valence-electron chi connectivity index (χ4n) is 2.18. The standard InChI is InChI=1S/C18H20FNO5/c1-22-15-9-17(24-3)16(23-2)7-12(15)10-20-18(21)11-25-14-6-4-5-13(19)8-14/h4-9H,10-11H2,1-3H3,(H,20,21). The average molecular weight is 349 g/mol. The molecule has 0 radical (unpaired) electrons. The van der Waals surface area contributed by atoms with E-state index in [1.807, 2.05) is 0 Å². The van der Waals surface area contributed by atoms with Crippen LogP contribution in [-0.4, -0.2) is 33.8 Å². The van der Waals surface area contributed by atoms with Crippen LogP contribution in [0.1, 0.15) is 5.56 Å². The molecule has 134 valence electrons. The van der Waals surface area contributed by atoms with Crippen molar-refractivity contribution in [1.29, 1.82) is 0 Å². The summed E-state index contributed by atoms with van der Waals surface area (Å²) in [4.78, 5) is 11.9. The van der Waals surface area contributed by atoms with Crippen LogP contribution in [-0.2, 0) is 11.3 Å². The first kappa shape index (κ1) is 18.4. The number of carbonyl (C=O) groups excluding carboxylic acids is 1. The summed E-state index contributed by atoms with van der Waals surface area (Å²) in [6.45, 7) is -0.00602. The highest BCUT2D eigenvalue weighted by molar-refractivity contribution is 5.77. The SMILES string of the molecule is COc1cc(OC)c(OC)cc1CNC(=O)COc1cccc(F)c1. The van der Waals surface area contributed by atoms with Gasteiger partial charge in [0.25, 0.3) is 5.91 Å². The van der Waals surface area contributed by atoms with Crippen LogP contribution in [0.15, 0.2) is 36.4 Å². The Balaban J connectivity index is 1.96. The molecule has 0 fully saturated rings. The second-order valence-electron chi connectivity index (χ2n) is 5.04. The monoisotopic (exact) mass is 349 g/mol. The molecular weight excluding hydrogens is 329 g/mol. The highest BCUT2D eigenvalue weighted by Gasteiger charge is 2.13. The molecule has 2 rings (SSSR count). The van der Waals surface area contributed by atoms with Crippen molar-refractivity contribution < 1.29 is 28.1 Å². The van der Waals surface area contributed by atoms with E-state index in [0.717, 1.165) is 5.56 Å². The van der Waals surface area contributed by atoms with Crippen LogP contribution in [0.3, 0.4) is 0 Å². The molecule has 1 amide bonds. The van der Waals surface area contributed by atoms with Gasteiger partial charge in [-0.05, 0) is 18.2 Å². The summed E-state index contributed by atoms with van der Waals surface area (Å²) in [6, 6.07) is 9.01. The Hall–Kier alpha value is -2.96. The van der Waals surface area contributed by atoms with Gasteiger partial charge in [0.1, 0.15) is 17.3 Å². The second kappa shape index (κ2) is 8.77. The molecule has 6 nitrogen and oxygen atoms in total. The molecule has 0 heterocycles. The molecule has 0 saturated heterocycles. The van der Waals surface area contributed by atoms with Gasteiger partial charge in [-0.2, -0.15) is 0 Å². The molecule has 0 atom stereocenters. The summed E-state index contributed by atoms with van der Waals surface area (Å²) in [5.74, 6) is 1.14. The van der Waals surface area contributed by atoms with Crippen molar-refractivity contribution in [2.24, 2.45) is 0 Å². The lowest BCUT2D eigenvalue weighted by molar-refractivity contribution is -0.123. The van der Waals surface area contributed by atoms with Gasteiger partial charge in [-0.1, -0.05) is 6.07 Å². The molecule has 0 spiro atoms. The van der Waals surface area contributed by atoms with Gasteiger partial charge in [-0.25, -0.2) is 4.39 Å². The van der Waals surface area contributed by atoms with Crippen LogP contribution in [0.25, 0.3) is 0 Å². The van der Waals surface area contributed by atoms with Gasteiger partial charge in [0, 0.05) is 24.2 Å². The molecular formula is C18H20FNO5. The number of hydrogen-bond acceptors (Lipinski definition) is 5. The van der Waals surface area contributed by atoms with Crippen LogP contribution in [0.2, 0.25) is 0 Å². The number of halogens is 1. The molecule has 0 aliphatic carbocycles. The maximum Gasteiger partial charge on any atom is 0.258 e. The van der Waals surface area contributed by atoms with Crippen molar-refractivity contribution in [2.45, 2.75) is 6.54 Å². The van der Waals surface area contributed by atoms with Gasteiger partial charge in [0.2, 0.25) is 0 Å². The maximum absolute atomic E-state index is 13.1. The molecule has 0 aliphatic heterocycles. The third-order valence-electron chi connectivity index (χ3n) is 3.43. The number of nitrogens with one attached hydrogen (secondary N) is 1. The lowest BCUT2D eigenvalue weighted by Crippen LogP contribution is -2.28. The number of amides is 1. The molecule has 1 N–H and O–H groups in total. The maximum atomic E-state index is 13.1. The van der Waals surface area contributed by atoms with E-state index in [1.54, 1.807) is 18.2 Å². The van der Waals surface area contributed by atoms with Crippen molar-refractivity contribution in [1.82, 2.24) is 5.32 Å². The largest absolute Gasteiger partial charge is 0.496 e. The van der Waals surface area contributed by atoms with E-state index < -0.39 is 5.82 Å². The van der Waals surface area contributed by atoms with Crippen molar-refractivity contribution in [3.63, 3.8) is 0 Å². The summed E-state index contributed by atoms with van der Waals surface area (Å²) in [5.41, 5.74) is 0.722. The van der Waals surface area contributed by atoms with Crippen molar-refractivity contribution in [2.75, 3.05) is 27.9 Å². The minimum absolute atomic E-state index is 0.217. The smallest absolute Gasteiger partial charge is 0.258 e. The predicted molar refractivity (Wildman–Crippen MR) is 89.8 cm³/mol. The topological polar surface area (TPSA) is 66.0 Å². The van der Waals surface area contributed by atoms with Crippen LogP contribution in [0, 0.1) is 5.82 Å². The van der Waals surface area contributed by atoms with E-state index in [9.17, 15) is 9.18 Å². The number of methoxy groups -OCH3 is 3. The Bertz CT molecular complexity index is 735. The van der Waals surface area contributed by atoms with E-state index in [2.05, 4.69) is 5.32 Å². The lowest BCUT2D eigenvalue weighted by Gasteiger charge is -2.14. The fourth-order valence-corrected chi connectivity index (χ4v) is 2.18. The third kappa shape index (κ3) is 5.00. The fraction of sp³-hybridized carbons (Fsp3) is 0.278. The zero-order chi connectivity index (χ0) is 18.2. The van der Waals surface area contributed by atoms with E-state index in [4.69, 9.17) is 18.9 Å². The zero-order valence-electron chi connectivity index (χ0n) is 14.3. The molecule has 0 aliphatic rings. The molecule has 0 unspecified atom stereocenters. The Kier molecular flexibility index (Phi) is 6.45. The first-order valence-electron chi connectivity index (χ1n) is 7.51. The molecule has 0 saturated carbocycles. The summed E-state index contributed by atoms with van der Waals surface area (Å²) < 4.78 is 34.1. The highest BCUT2D eigenvalue weighted by Crippen LogP contribution is 2.34. The van der Waals surface area contributed by atoms with Crippen molar-refractivity contribution in [3.8, 4) is 23.0 Å². The molecule has 7 heteroatoms. The first-order valence-corrected chi connectivity index (χ1v) is 7.51. The lowest BCUT2D eigenvalue weighted by atomic mass is 10.1. The van der Waals surface area contributed by atoms with E-state index >= 15 is 0 Å². The predicted octanol–water partition coefficient (Wildman–Crippen LogP) is 2.55. The number of hydrogen-bond donors (Lipinski definition) is 1. The van der Waals surface area contributed by atoms with Gasteiger partial charge < -0.3 is 24.3 Å². The number of benzene rings is 2. The average Bonchev–Trinajstić information content (AvgIpc) is 2.63. The van der Waals surface area contributed by atoms with Gasteiger partial charge in [0.15, 0.2) is 18.1 Å². The molecule has 2 aromatic carbocycles. The summed E-state index contributed by atoms with van der Waals surface area (Å²) in [7, 11) is 4.58. The van der Waals surface area contributed by atoms with Crippen LogP contribution in [0.5, 0.6) is 23.0 Å². The molecule has 25 heavy (non-hydrogen) atoms. The molecule has 0 aromatic heterocycles. The number of carbonyl (C=O) groups is 1.